The van der Waals surface area contributed by atoms with Gasteiger partial charge in [0.25, 0.3) is 5.91 Å². The molecule has 0 aliphatic heterocycles. The second-order valence-electron chi connectivity index (χ2n) is 4.27. The molecule has 0 fully saturated rings. The molecule has 0 aliphatic carbocycles. The SMILES string of the molecule is Cc1cc(C(=O)NN=Cc2ccc(O)c(O)c2)c(C)o1. The van der Waals surface area contributed by atoms with Crippen molar-refractivity contribution in [3.8, 4) is 11.5 Å². The summed E-state index contributed by atoms with van der Waals surface area (Å²) in [5.41, 5.74) is 3.33. The van der Waals surface area contributed by atoms with Gasteiger partial charge in [0.2, 0.25) is 0 Å². The highest BCUT2D eigenvalue weighted by Gasteiger charge is 2.12. The monoisotopic (exact) mass is 274 g/mol. The van der Waals surface area contributed by atoms with Gasteiger partial charge in [-0.15, -0.1) is 0 Å². The maximum Gasteiger partial charge on any atom is 0.274 e. The zero-order chi connectivity index (χ0) is 14.7. The smallest absolute Gasteiger partial charge is 0.274 e. The van der Waals surface area contributed by atoms with Gasteiger partial charge in [0.1, 0.15) is 11.5 Å². The van der Waals surface area contributed by atoms with Gasteiger partial charge in [0.15, 0.2) is 11.5 Å². The van der Waals surface area contributed by atoms with Crippen molar-refractivity contribution in [1.29, 1.82) is 0 Å². The van der Waals surface area contributed by atoms with Gasteiger partial charge in [-0.1, -0.05) is 0 Å². The summed E-state index contributed by atoms with van der Waals surface area (Å²) in [5, 5.41) is 22.3. The summed E-state index contributed by atoms with van der Waals surface area (Å²) in [6.45, 7) is 3.45. The summed E-state index contributed by atoms with van der Waals surface area (Å²) in [5.74, 6) is 0.341. The number of phenols is 2. The maximum absolute atomic E-state index is 11.8. The molecule has 1 amide bonds. The zero-order valence-corrected chi connectivity index (χ0v) is 11.0. The average molecular weight is 274 g/mol. The summed E-state index contributed by atoms with van der Waals surface area (Å²) in [6, 6.07) is 5.85. The van der Waals surface area contributed by atoms with Crippen LogP contribution in [0.3, 0.4) is 0 Å². The van der Waals surface area contributed by atoms with Gasteiger partial charge in [0, 0.05) is 0 Å². The number of furan rings is 1. The Balaban J connectivity index is 2.04. The molecule has 0 saturated heterocycles. The van der Waals surface area contributed by atoms with Crippen molar-refractivity contribution < 1.29 is 19.4 Å². The molecule has 6 heteroatoms. The maximum atomic E-state index is 11.8. The third-order valence-corrected chi connectivity index (χ3v) is 2.66. The van der Waals surface area contributed by atoms with E-state index in [1.165, 1.54) is 18.3 Å². The molecule has 1 aromatic carbocycles. The summed E-state index contributed by atoms with van der Waals surface area (Å²) in [7, 11) is 0. The van der Waals surface area contributed by atoms with Crippen LogP contribution in [0.4, 0.5) is 0 Å². The molecule has 1 aromatic heterocycles. The number of carbonyl (C=O) groups excluding carboxylic acids is 1. The first-order chi connectivity index (χ1) is 9.47. The van der Waals surface area contributed by atoms with Crippen LogP contribution in [-0.4, -0.2) is 22.3 Å². The highest BCUT2D eigenvalue weighted by atomic mass is 16.3. The molecular formula is C14H14N2O4. The van der Waals surface area contributed by atoms with Crippen LogP contribution in [-0.2, 0) is 0 Å². The molecule has 0 spiro atoms. The van der Waals surface area contributed by atoms with E-state index < -0.39 is 0 Å². The van der Waals surface area contributed by atoms with Gasteiger partial charge in [-0.3, -0.25) is 4.79 Å². The zero-order valence-electron chi connectivity index (χ0n) is 11.0. The molecule has 0 bridgehead atoms. The van der Waals surface area contributed by atoms with Crippen LogP contribution in [0.5, 0.6) is 11.5 Å². The number of phenolic OH excluding ortho intramolecular Hbond substituents is 2. The van der Waals surface area contributed by atoms with Gasteiger partial charge in [-0.2, -0.15) is 5.10 Å². The highest BCUT2D eigenvalue weighted by molar-refractivity contribution is 5.95. The van der Waals surface area contributed by atoms with Crippen molar-refractivity contribution in [3.05, 3.63) is 46.9 Å². The molecule has 3 N–H and O–H groups in total. The molecule has 6 nitrogen and oxygen atoms in total. The highest BCUT2D eigenvalue weighted by Crippen LogP contribution is 2.23. The van der Waals surface area contributed by atoms with E-state index in [4.69, 9.17) is 9.52 Å². The first-order valence-electron chi connectivity index (χ1n) is 5.90. The van der Waals surface area contributed by atoms with E-state index in [9.17, 15) is 9.90 Å². The van der Waals surface area contributed by atoms with E-state index in [-0.39, 0.29) is 17.4 Å². The van der Waals surface area contributed by atoms with Crippen molar-refractivity contribution in [2.24, 2.45) is 5.10 Å². The number of carbonyl (C=O) groups is 1. The standard InChI is InChI=1S/C14H14N2O4/c1-8-5-11(9(2)20-8)14(19)16-15-7-10-3-4-12(17)13(18)6-10/h3-7,17-18H,1-2H3,(H,16,19). The fourth-order valence-electron chi connectivity index (χ4n) is 1.70. The lowest BCUT2D eigenvalue weighted by Gasteiger charge is -1.99. The van der Waals surface area contributed by atoms with Crippen LogP contribution in [0.25, 0.3) is 0 Å². The second-order valence-corrected chi connectivity index (χ2v) is 4.27. The lowest BCUT2D eigenvalue weighted by atomic mass is 10.2. The first-order valence-corrected chi connectivity index (χ1v) is 5.90. The molecule has 2 aromatic rings. The van der Waals surface area contributed by atoms with Crippen molar-refractivity contribution >= 4 is 12.1 Å². The summed E-state index contributed by atoms with van der Waals surface area (Å²) >= 11 is 0. The topological polar surface area (TPSA) is 95.1 Å². The van der Waals surface area contributed by atoms with Gasteiger partial charge in [-0.25, -0.2) is 5.43 Å². The van der Waals surface area contributed by atoms with Crippen molar-refractivity contribution in [1.82, 2.24) is 5.43 Å². The van der Waals surface area contributed by atoms with Crippen LogP contribution >= 0.6 is 0 Å². The van der Waals surface area contributed by atoms with E-state index in [1.54, 1.807) is 26.0 Å². The number of amides is 1. The number of nitrogens with one attached hydrogen (secondary N) is 1. The third kappa shape index (κ3) is 2.97. The molecule has 104 valence electrons. The minimum Gasteiger partial charge on any atom is -0.504 e. The number of aryl methyl sites for hydroxylation is 2. The van der Waals surface area contributed by atoms with Gasteiger partial charge < -0.3 is 14.6 Å². The number of benzene rings is 1. The largest absolute Gasteiger partial charge is 0.504 e. The number of hydrogen-bond donors (Lipinski definition) is 3. The molecule has 20 heavy (non-hydrogen) atoms. The fraction of sp³-hybridized carbons (Fsp3) is 0.143. The Labute approximate surface area is 115 Å². The van der Waals surface area contributed by atoms with E-state index in [0.717, 1.165) is 0 Å². The van der Waals surface area contributed by atoms with Crippen molar-refractivity contribution in [2.75, 3.05) is 0 Å². The van der Waals surface area contributed by atoms with Crippen molar-refractivity contribution in [2.45, 2.75) is 13.8 Å². The molecule has 0 atom stereocenters. The number of hydrogen-bond acceptors (Lipinski definition) is 5. The van der Waals surface area contributed by atoms with Gasteiger partial charge >= 0.3 is 0 Å². The van der Waals surface area contributed by atoms with Crippen LogP contribution in [0, 0.1) is 13.8 Å². The number of hydrazone groups is 1. The lowest BCUT2D eigenvalue weighted by Crippen LogP contribution is -2.17. The Bertz CT molecular complexity index is 674. The molecule has 0 aliphatic rings. The molecule has 0 unspecified atom stereocenters. The predicted molar refractivity (Wildman–Crippen MR) is 73.0 cm³/mol. The fourth-order valence-corrected chi connectivity index (χ4v) is 1.70. The van der Waals surface area contributed by atoms with E-state index in [2.05, 4.69) is 10.5 Å². The minimum absolute atomic E-state index is 0.212. The lowest BCUT2D eigenvalue weighted by molar-refractivity contribution is 0.0953. The van der Waals surface area contributed by atoms with E-state index >= 15 is 0 Å². The van der Waals surface area contributed by atoms with Gasteiger partial charge in [-0.05, 0) is 43.7 Å². The molecular weight excluding hydrogens is 260 g/mol. The van der Waals surface area contributed by atoms with Crippen LogP contribution in [0.1, 0.15) is 27.4 Å². The Hall–Kier alpha value is -2.76. The Kier molecular flexibility index (Phi) is 3.74. The average Bonchev–Trinajstić information content (AvgIpc) is 2.73. The van der Waals surface area contributed by atoms with Gasteiger partial charge in [0.05, 0.1) is 11.8 Å². The summed E-state index contributed by atoms with van der Waals surface area (Å²) in [6.07, 6.45) is 1.36. The molecule has 0 saturated carbocycles. The van der Waals surface area contributed by atoms with Crippen LogP contribution in [0.2, 0.25) is 0 Å². The normalized spacial score (nSPS) is 10.9. The van der Waals surface area contributed by atoms with Crippen LogP contribution in [0.15, 0.2) is 33.8 Å². The van der Waals surface area contributed by atoms with E-state index in [1.807, 2.05) is 0 Å². The van der Waals surface area contributed by atoms with Crippen molar-refractivity contribution in [3.63, 3.8) is 0 Å². The second kappa shape index (κ2) is 5.48. The summed E-state index contributed by atoms with van der Waals surface area (Å²) < 4.78 is 5.26. The number of aromatic hydroxyl groups is 2. The molecule has 2 rings (SSSR count). The molecule has 0 radical (unpaired) electrons. The molecule has 1 heterocycles. The predicted octanol–water partition coefficient (Wildman–Crippen LogP) is 2.07. The Morgan fingerprint density at radius 2 is 2.00 bits per heavy atom. The first kappa shape index (κ1) is 13.7. The minimum atomic E-state index is -0.376. The Morgan fingerprint density at radius 3 is 2.60 bits per heavy atom. The Morgan fingerprint density at radius 1 is 1.25 bits per heavy atom. The number of rotatable bonds is 3. The third-order valence-electron chi connectivity index (χ3n) is 2.66. The number of nitrogens with zero attached hydrogens (tertiary/aromatic N) is 1. The quantitative estimate of drug-likeness (QED) is 0.453. The van der Waals surface area contributed by atoms with E-state index in [0.29, 0.717) is 22.6 Å². The summed E-state index contributed by atoms with van der Waals surface area (Å²) in [4.78, 5) is 11.8. The van der Waals surface area contributed by atoms with Crippen LogP contribution < -0.4 is 5.43 Å².